The number of nitrogens with zero attached hydrogens (tertiary/aromatic N) is 1. The van der Waals surface area contributed by atoms with E-state index in [0.717, 1.165) is 41.8 Å². The van der Waals surface area contributed by atoms with Crippen LogP contribution < -0.4 is 10.1 Å². The summed E-state index contributed by atoms with van der Waals surface area (Å²) < 4.78 is 22.0. The highest BCUT2D eigenvalue weighted by Crippen LogP contribution is 2.39. The highest BCUT2D eigenvalue weighted by molar-refractivity contribution is 6.01. The maximum Gasteiger partial charge on any atom is 0.344 e. The van der Waals surface area contributed by atoms with Gasteiger partial charge < -0.3 is 29.2 Å². The third-order valence-electron chi connectivity index (χ3n) is 6.83. The van der Waals surface area contributed by atoms with E-state index in [1.54, 1.807) is 25.3 Å². The van der Waals surface area contributed by atoms with Crippen LogP contribution in [0.15, 0.2) is 72.0 Å². The van der Waals surface area contributed by atoms with Crippen molar-refractivity contribution in [1.82, 2.24) is 10.2 Å². The Morgan fingerprint density at radius 1 is 1.00 bits per heavy atom. The fourth-order valence-electron chi connectivity index (χ4n) is 4.85. The van der Waals surface area contributed by atoms with Crippen molar-refractivity contribution in [3.8, 4) is 5.75 Å². The van der Waals surface area contributed by atoms with E-state index in [9.17, 15) is 9.59 Å². The van der Waals surface area contributed by atoms with Crippen LogP contribution in [0.3, 0.4) is 0 Å². The summed E-state index contributed by atoms with van der Waals surface area (Å²) >= 11 is 0. The summed E-state index contributed by atoms with van der Waals surface area (Å²) in [5.41, 5.74) is 1.54. The summed E-state index contributed by atoms with van der Waals surface area (Å²) in [6, 6.07) is 15.2. The molecule has 0 fully saturated rings. The number of carbonyl (C=O) groups excluding carboxylic acids is 2. The van der Waals surface area contributed by atoms with Crippen LogP contribution in [-0.2, 0) is 25.4 Å². The molecule has 8 heteroatoms. The molecule has 2 atom stereocenters. The van der Waals surface area contributed by atoms with Crippen molar-refractivity contribution < 1.29 is 28.5 Å². The van der Waals surface area contributed by atoms with Gasteiger partial charge in [-0.2, -0.15) is 0 Å². The number of hydrogen-bond donors (Lipinski definition) is 1. The van der Waals surface area contributed by atoms with Crippen LogP contribution in [0.5, 0.6) is 5.75 Å². The molecule has 1 amide bonds. The van der Waals surface area contributed by atoms with E-state index in [-0.39, 0.29) is 19.1 Å². The number of hydrogen-bond acceptors (Lipinski definition) is 7. The average Bonchev–Trinajstić information content (AvgIpc) is 2.93. The molecule has 0 heterocycles. The van der Waals surface area contributed by atoms with Crippen molar-refractivity contribution in [1.29, 1.82) is 0 Å². The summed E-state index contributed by atoms with van der Waals surface area (Å²) in [5.74, 6) is -0.154. The lowest BCUT2D eigenvalue weighted by molar-refractivity contribution is -0.150. The van der Waals surface area contributed by atoms with Crippen LogP contribution in [0.4, 0.5) is 0 Å². The lowest BCUT2D eigenvalue weighted by atomic mass is 9.79. The van der Waals surface area contributed by atoms with Gasteiger partial charge in [0, 0.05) is 18.6 Å². The molecule has 0 aromatic heterocycles. The van der Waals surface area contributed by atoms with Crippen LogP contribution in [0.1, 0.15) is 40.7 Å². The Labute approximate surface area is 231 Å². The van der Waals surface area contributed by atoms with Crippen molar-refractivity contribution in [2.75, 3.05) is 55.2 Å². The standard InChI is InChI=1S/C31H40N2O6/c1-22-26(23-11-8-7-9-12-23)16-17-31(28(22)38-6,30(35)39-20-19-36-4)32-29(34)25-14-15-27(37-5)24(21-25)13-10-18-33(2)3/h7-9,11-12,14-17,21,26H,10,13,18-20H2,1-6H3,(H,32,34). The molecule has 2 unspecified atom stereocenters. The molecule has 1 aliphatic rings. The first-order valence-corrected chi connectivity index (χ1v) is 13.1. The monoisotopic (exact) mass is 536 g/mol. The fraction of sp³-hybridized carbons (Fsp3) is 0.419. The smallest absolute Gasteiger partial charge is 0.344 e. The van der Waals surface area contributed by atoms with Crippen molar-refractivity contribution in [2.45, 2.75) is 31.2 Å². The fourth-order valence-corrected chi connectivity index (χ4v) is 4.85. The Kier molecular flexibility index (Phi) is 10.7. The Morgan fingerprint density at radius 3 is 2.38 bits per heavy atom. The molecule has 1 aliphatic carbocycles. The lowest BCUT2D eigenvalue weighted by Crippen LogP contribution is -2.57. The normalized spacial score (nSPS) is 18.7. The number of carbonyl (C=O) groups is 2. The van der Waals surface area contributed by atoms with Crippen LogP contribution in [0.2, 0.25) is 0 Å². The third-order valence-corrected chi connectivity index (χ3v) is 6.83. The Bertz CT molecular complexity index is 1190. The molecule has 0 saturated carbocycles. The summed E-state index contributed by atoms with van der Waals surface area (Å²) in [7, 11) is 8.69. The van der Waals surface area contributed by atoms with Crippen molar-refractivity contribution >= 4 is 11.9 Å². The second-order valence-electron chi connectivity index (χ2n) is 9.79. The second-order valence-corrected chi connectivity index (χ2v) is 9.79. The number of methoxy groups -OCH3 is 3. The van der Waals surface area contributed by atoms with Gasteiger partial charge in [-0.25, -0.2) is 4.79 Å². The first kappa shape index (κ1) is 29.9. The van der Waals surface area contributed by atoms with E-state index >= 15 is 0 Å². The zero-order valence-corrected chi connectivity index (χ0v) is 23.8. The number of ether oxygens (including phenoxy) is 4. The van der Waals surface area contributed by atoms with E-state index in [1.807, 2.05) is 63.5 Å². The summed E-state index contributed by atoms with van der Waals surface area (Å²) in [4.78, 5) is 29.4. The largest absolute Gasteiger partial charge is 0.498 e. The third kappa shape index (κ3) is 7.07. The van der Waals surface area contributed by atoms with E-state index < -0.39 is 17.4 Å². The minimum absolute atomic E-state index is 0.0392. The molecule has 0 aliphatic heterocycles. The average molecular weight is 537 g/mol. The first-order chi connectivity index (χ1) is 18.8. The second kappa shape index (κ2) is 14.0. The Hall–Kier alpha value is -3.62. The van der Waals surface area contributed by atoms with Gasteiger partial charge in [-0.05, 0) is 81.4 Å². The van der Waals surface area contributed by atoms with Gasteiger partial charge in [0.2, 0.25) is 5.54 Å². The number of amides is 1. The maximum absolute atomic E-state index is 13.7. The molecule has 0 radical (unpaired) electrons. The molecule has 0 bridgehead atoms. The predicted octanol–water partition coefficient (Wildman–Crippen LogP) is 4.12. The minimum atomic E-state index is -1.64. The van der Waals surface area contributed by atoms with E-state index in [0.29, 0.717) is 11.3 Å². The zero-order chi connectivity index (χ0) is 28.4. The van der Waals surface area contributed by atoms with E-state index in [2.05, 4.69) is 10.2 Å². The Balaban J connectivity index is 1.99. The molecule has 2 aromatic rings. The molecular formula is C31H40N2O6. The molecule has 2 aromatic carbocycles. The van der Waals surface area contributed by atoms with Crippen LogP contribution >= 0.6 is 0 Å². The SMILES string of the molecule is COCCOC(=O)C1(NC(=O)c2ccc(OC)c(CCCN(C)C)c2)C=CC(c2ccccc2)C(C)=C1OC. The van der Waals surface area contributed by atoms with Crippen molar-refractivity contribution in [2.24, 2.45) is 0 Å². The molecule has 210 valence electrons. The predicted molar refractivity (Wildman–Crippen MR) is 151 cm³/mol. The van der Waals surface area contributed by atoms with Gasteiger partial charge in [-0.3, -0.25) is 4.79 Å². The van der Waals surface area contributed by atoms with Crippen LogP contribution in [0, 0.1) is 0 Å². The Morgan fingerprint density at radius 2 is 1.74 bits per heavy atom. The maximum atomic E-state index is 13.7. The molecule has 8 nitrogen and oxygen atoms in total. The van der Waals surface area contributed by atoms with Gasteiger partial charge >= 0.3 is 5.97 Å². The highest BCUT2D eigenvalue weighted by atomic mass is 16.6. The van der Waals surface area contributed by atoms with Gasteiger partial charge in [0.15, 0.2) is 0 Å². The molecule has 0 spiro atoms. The number of esters is 1. The lowest BCUT2D eigenvalue weighted by Gasteiger charge is -2.36. The zero-order valence-electron chi connectivity index (χ0n) is 23.8. The quantitative estimate of drug-likeness (QED) is 0.234. The summed E-state index contributed by atoms with van der Waals surface area (Å²) in [5, 5.41) is 2.94. The number of rotatable bonds is 13. The van der Waals surface area contributed by atoms with E-state index in [4.69, 9.17) is 18.9 Å². The number of nitrogens with one attached hydrogen (secondary N) is 1. The van der Waals surface area contributed by atoms with Crippen molar-refractivity contribution in [3.05, 3.63) is 88.7 Å². The molecule has 0 saturated heterocycles. The van der Waals surface area contributed by atoms with Gasteiger partial charge in [0.1, 0.15) is 18.1 Å². The van der Waals surface area contributed by atoms with Gasteiger partial charge in [0.05, 0.1) is 20.8 Å². The molecule has 39 heavy (non-hydrogen) atoms. The van der Waals surface area contributed by atoms with E-state index in [1.165, 1.54) is 14.2 Å². The molecule has 1 N–H and O–H groups in total. The van der Waals surface area contributed by atoms with Crippen LogP contribution in [0.25, 0.3) is 0 Å². The highest BCUT2D eigenvalue weighted by Gasteiger charge is 2.48. The van der Waals surface area contributed by atoms with Crippen LogP contribution in [-0.4, -0.2) is 77.5 Å². The number of benzene rings is 2. The minimum Gasteiger partial charge on any atom is -0.498 e. The number of aryl methyl sites for hydroxylation is 1. The number of allylic oxidation sites excluding steroid dienone is 2. The van der Waals surface area contributed by atoms with Crippen molar-refractivity contribution in [3.63, 3.8) is 0 Å². The van der Waals surface area contributed by atoms with Gasteiger partial charge in [-0.15, -0.1) is 0 Å². The summed E-state index contributed by atoms with van der Waals surface area (Å²) in [6.45, 7) is 3.08. The van der Waals surface area contributed by atoms with Gasteiger partial charge in [-0.1, -0.05) is 36.4 Å². The first-order valence-electron chi connectivity index (χ1n) is 13.1. The molecular weight excluding hydrogens is 496 g/mol. The van der Waals surface area contributed by atoms with Gasteiger partial charge in [0.25, 0.3) is 5.91 Å². The topological polar surface area (TPSA) is 86.3 Å². The summed E-state index contributed by atoms with van der Waals surface area (Å²) in [6.07, 6.45) is 5.23. The molecule has 3 rings (SSSR count).